The molecule has 0 fully saturated rings. The second-order valence-corrected chi connectivity index (χ2v) is 7.56. The SMILES string of the molecule is CCCc1ccc(S(=O)(=O)Nc2cc(Br)ccc2C)cc1. The van der Waals surface area contributed by atoms with E-state index in [1.54, 1.807) is 18.2 Å². The summed E-state index contributed by atoms with van der Waals surface area (Å²) < 4.78 is 28.3. The molecule has 21 heavy (non-hydrogen) atoms. The standard InChI is InChI=1S/C16H18BrNO2S/c1-3-4-13-6-9-15(10-7-13)21(19,20)18-16-11-14(17)8-5-12(16)2/h5-11,18H,3-4H2,1-2H3. The Morgan fingerprint density at radius 1 is 1.10 bits per heavy atom. The van der Waals surface area contributed by atoms with Crippen LogP contribution in [0.1, 0.15) is 24.5 Å². The van der Waals surface area contributed by atoms with Gasteiger partial charge in [0.1, 0.15) is 0 Å². The first-order valence-corrected chi connectivity index (χ1v) is 9.08. The van der Waals surface area contributed by atoms with Crippen LogP contribution in [0.5, 0.6) is 0 Å². The fourth-order valence-corrected chi connectivity index (χ4v) is 3.51. The van der Waals surface area contributed by atoms with Crippen LogP contribution >= 0.6 is 15.9 Å². The van der Waals surface area contributed by atoms with E-state index in [1.165, 1.54) is 0 Å². The molecule has 0 aliphatic heterocycles. The first kappa shape index (κ1) is 16.0. The molecular weight excluding hydrogens is 350 g/mol. The maximum Gasteiger partial charge on any atom is 0.261 e. The Kier molecular flexibility index (Phi) is 5.06. The van der Waals surface area contributed by atoms with Crippen molar-refractivity contribution in [2.75, 3.05) is 4.72 Å². The summed E-state index contributed by atoms with van der Waals surface area (Å²) >= 11 is 3.35. The highest BCUT2D eigenvalue weighted by Gasteiger charge is 2.15. The van der Waals surface area contributed by atoms with Crippen LogP contribution in [0.15, 0.2) is 51.8 Å². The number of hydrogen-bond acceptors (Lipinski definition) is 2. The zero-order chi connectivity index (χ0) is 15.5. The lowest BCUT2D eigenvalue weighted by Gasteiger charge is -2.11. The highest BCUT2D eigenvalue weighted by atomic mass is 79.9. The minimum absolute atomic E-state index is 0.279. The van der Waals surface area contributed by atoms with E-state index in [-0.39, 0.29) is 4.90 Å². The molecule has 1 N–H and O–H groups in total. The predicted octanol–water partition coefficient (Wildman–Crippen LogP) is 4.51. The van der Waals surface area contributed by atoms with Crippen molar-refractivity contribution in [3.05, 3.63) is 58.1 Å². The molecule has 5 heteroatoms. The average Bonchev–Trinajstić information content (AvgIpc) is 2.44. The van der Waals surface area contributed by atoms with Crippen LogP contribution in [0.4, 0.5) is 5.69 Å². The van der Waals surface area contributed by atoms with E-state index in [0.29, 0.717) is 5.69 Å². The van der Waals surface area contributed by atoms with Crippen molar-refractivity contribution < 1.29 is 8.42 Å². The zero-order valence-corrected chi connectivity index (χ0v) is 14.5. The van der Waals surface area contributed by atoms with Crippen LogP contribution in [0.2, 0.25) is 0 Å². The van der Waals surface area contributed by atoms with Crippen molar-refractivity contribution in [1.29, 1.82) is 0 Å². The average molecular weight is 368 g/mol. The van der Waals surface area contributed by atoms with Crippen LogP contribution in [-0.2, 0) is 16.4 Å². The third-order valence-corrected chi connectivity index (χ3v) is 5.09. The van der Waals surface area contributed by atoms with Gasteiger partial charge in [-0.1, -0.05) is 47.5 Å². The van der Waals surface area contributed by atoms with Crippen LogP contribution in [0, 0.1) is 6.92 Å². The first-order valence-electron chi connectivity index (χ1n) is 6.80. The number of sulfonamides is 1. The smallest absolute Gasteiger partial charge is 0.261 e. The maximum atomic E-state index is 12.4. The van der Waals surface area contributed by atoms with E-state index in [9.17, 15) is 8.42 Å². The topological polar surface area (TPSA) is 46.2 Å². The molecule has 2 rings (SSSR count). The minimum Gasteiger partial charge on any atom is -0.279 e. The molecule has 0 spiro atoms. The zero-order valence-electron chi connectivity index (χ0n) is 12.1. The van der Waals surface area contributed by atoms with Gasteiger partial charge in [0.2, 0.25) is 0 Å². The summed E-state index contributed by atoms with van der Waals surface area (Å²) in [6, 6.07) is 12.6. The number of benzene rings is 2. The number of hydrogen-bond donors (Lipinski definition) is 1. The summed E-state index contributed by atoms with van der Waals surface area (Å²) in [7, 11) is -3.56. The summed E-state index contributed by atoms with van der Waals surface area (Å²) in [5.41, 5.74) is 2.61. The van der Waals surface area contributed by atoms with Crippen molar-refractivity contribution in [3.63, 3.8) is 0 Å². The van der Waals surface area contributed by atoms with Gasteiger partial charge in [-0.25, -0.2) is 8.42 Å². The molecule has 0 bridgehead atoms. The van der Waals surface area contributed by atoms with Crippen LogP contribution in [0.25, 0.3) is 0 Å². The van der Waals surface area contributed by atoms with Gasteiger partial charge in [-0.3, -0.25) is 4.72 Å². The molecule has 0 aromatic heterocycles. The van der Waals surface area contributed by atoms with Crippen molar-refractivity contribution in [2.45, 2.75) is 31.6 Å². The second kappa shape index (κ2) is 6.62. The van der Waals surface area contributed by atoms with Crippen molar-refractivity contribution in [1.82, 2.24) is 0 Å². The van der Waals surface area contributed by atoms with E-state index in [2.05, 4.69) is 27.6 Å². The maximum absolute atomic E-state index is 12.4. The van der Waals surface area contributed by atoms with E-state index in [0.717, 1.165) is 28.4 Å². The number of aryl methyl sites for hydroxylation is 2. The summed E-state index contributed by atoms with van der Waals surface area (Å²) in [4.78, 5) is 0.279. The highest BCUT2D eigenvalue weighted by Crippen LogP contribution is 2.24. The lowest BCUT2D eigenvalue weighted by atomic mass is 10.1. The molecule has 0 unspecified atom stereocenters. The molecule has 0 atom stereocenters. The van der Waals surface area contributed by atoms with Gasteiger partial charge in [0.25, 0.3) is 10.0 Å². The Labute approximate surface area is 134 Å². The fourth-order valence-electron chi connectivity index (χ4n) is 2.03. The molecule has 2 aromatic carbocycles. The van der Waals surface area contributed by atoms with Crippen molar-refractivity contribution in [2.24, 2.45) is 0 Å². The summed E-state index contributed by atoms with van der Waals surface area (Å²) in [5, 5.41) is 0. The Hall–Kier alpha value is -1.33. The van der Waals surface area contributed by atoms with Crippen molar-refractivity contribution >= 4 is 31.6 Å². The quantitative estimate of drug-likeness (QED) is 0.844. The number of halogens is 1. The van der Waals surface area contributed by atoms with Crippen LogP contribution in [0.3, 0.4) is 0 Å². The predicted molar refractivity (Wildman–Crippen MR) is 90.1 cm³/mol. The number of anilines is 1. The molecule has 0 heterocycles. The third-order valence-electron chi connectivity index (χ3n) is 3.22. The van der Waals surface area contributed by atoms with E-state index >= 15 is 0 Å². The van der Waals surface area contributed by atoms with E-state index in [4.69, 9.17) is 0 Å². The molecule has 0 aliphatic rings. The first-order chi connectivity index (χ1) is 9.92. The van der Waals surface area contributed by atoms with Gasteiger partial charge in [-0.2, -0.15) is 0 Å². The van der Waals surface area contributed by atoms with Gasteiger partial charge < -0.3 is 0 Å². The van der Waals surface area contributed by atoms with Gasteiger partial charge in [-0.05, 0) is 48.7 Å². The molecule has 112 valence electrons. The molecule has 3 nitrogen and oxygen atoms in total. The largest absolute Gasteiger partial charge is 0.279 e. The summed E-state index contributed by atoms with van der Waals surface area (Å²) in [5.74, 6) is 0. The molecule has 0 radical (unpaired) electrons. The highest BCUT2D eigenvalue weighted by molar-refractivity contribution is 9.10. The Balaban J connectivity index is 2.27. The van der Waals surface area contributed by atoms with Crippen LogP contribution in [-0.4, -0.2) is 8.42 Å². The van der Waals surface area contributed by atoms with Gasteiger partial charge in [-0.15, -0.1) is 0 Å². The lowest BCUT2D eigenvalue weighted by Crippen LogP contribution is -2.13. The monoisotopic (exact) mass is 367 g/mol. The van der Waals surface area contributed by atoms with Gasteiger partial charge in [0.15, 0.2) is 0 Å². The van der Waals surface area contributed by atoms with E-state index < -0.39 is 10.0 Å². The van der Waals surface area contributed by atoms with Crippen molar-refractivity contribution in [3.8, 4) is 0 Å². The van der Waals surface area contributed by atoms with E-state index in [1.807, 2.05) is 31.2 Å². The molecule has 2 aromatic rings. The Morgan fingerprint density at radius 2 is 1.76 bits per heavy atom. The molecule has 0 saturated carbocycles. The van der Waals surface area contributed by atoms with Crippen LogP contribution < -0.4 is 4.72 Å². The summed E-state index contributed by atoms with van der Waals surface area (Å²) in [6.45, 7) is 3.97. The minimum atomic E-state index is -3.56. The second-order valence-electron chi connectivity index (χ2n) is 4.96. The van der Waals surface area contributed by atoms with Gasteiger partial charge in [0.05, 0.1) is 10.6 Å². The lowest BCUT2D eigenvalue weighted by molar-refractivity contribution is 0.601. The fraction of sp³-hybridized carbons (Fsp3) is 0.250. The van der Waals surface area contributed by atoms with Gasteiger partial charge in [0, 0.05) is 4.47 Å². The molecule has 0 saturated heterocycles. The van der Waals surface area contributed by atoms with Gasteiger partial charge >= 0.3 is 0 Å². The third kappa shape index (κ3) is 4.08. The number of rotatable bonds is 5. The molecular formula is C16H18BrNO2S. The molecule has 0 aliphatic carbocycles. The summed E-state index contributed by atoms with van der Waals surface area (Å²) in [6.07, 6.45) is 2.00. The molecule has 0 amide bonds. The normalized spacial score (nSPS) is 11.4. The number of nitrogens with one attached hydrogen (secondary N) is 1. The Bertz CT molecular complexity index is 724. The Morgan fingerprint density at radius 3 is 2.38 bits per heavy atom.